The Morgan fingerprint density at radius 2 is 1.55 bits per heavy atom. The van der Waals surface area contributed by atoms with Crippen molar-refractivity contribution in [3.63, 3.8) is 0 Å². The van der Waals surface area contributed by atoms with Gasteiger partial charge in [-0.05, 0) is 98.4 Å². The van der Waals surface area contributed by atoms with Crippen molar-refractivity contribution in [1.29, 1.82) is 0 Å². The predicted molar refractivity (Wildman–Crippen MR) is 184 cm³/mol. The van der Waals surface area contributed by atoms with Crippen LogP contribution in [0.15, 0.2) is 48.7 Å². The van der Waals surface area contributed by atoms with Gasteiger partial charge in [0, 0.05) is 28.7 Å². The first kappa shape index (κ1) is 34.1. The van der Waals surface area contributed by atoms with Crippen molar-refractivity contribution in [2.24, 2.45) is 0 Å². The van der Waals surface area contributed by atoms with Crippen molar-refractivity contribution < 1.29 is 18.8 Å². The van der Waals surface area contributed by atoms with Crippen LogP contribution in [0.25, 0.3) is 21.8 Å². The molecule has 0 bridgehead atoms. The van der Waals surface area contributed by atoms with Gasteiger partial charge in [-0.2, -0.15) is 0 Å². The Balaban J connectivity index is 1.21. The average Bonchev–Trinajstić information content (AvgIpc) is 3.02. The first-order valence-electron chi connectivity index (χ1n) is 16.2. The third kappa shape index (κ3) is 8.27. The topological polar surface area (TPSA) is 70.5 Å². The maximum absolute atomic E-state index is 13.1. The van der Waals surface area contributed by atoms with Crippen LogP contribution >= 0.6 is 7.14 Å². The molecule has 0 amide bonds. The third-order valence-corrected chi connectivity index (χ3v) is 13.6. The van der Waals surface area contributed by atoms with Crippen LogP contribution < -0.4 is 4.74 Å². The molecule has 0 unspecified atom stereocenters. The highest BCUT2D eigenvalue weighted by molar-refractivity contribution is 7.65. The fourth-order valence-electron chi connectivity index (χ4n) is 5.95. The Morgan fingerprint density at radius 1 is 0.818 bits per heavy atom. The second-order valence-corrected chi connectivity index (χ2v) is 16.7. The molecule has 4 rings (SSSR count). The fourth-order valence-corrected chi connectivity index (χ4v) is 8.61. The zero-order chi connectivity index (χ0) is 31.7. The van der Waals surface area contributed by atoms with Crippen LogP contribution in [0.5, 0.6) is 5.75 Å². The molecular formula is C37H51N2O4P. The van der Waals surface area contributed by atoms with E-state index in [9.17, 15) is 4.57 Å². The summed E-state index contributed by atoms with van der Waals surface area (Å²) in [5.41, 5.74) is 8.11. The summed E-state index contributed by atoms with van der Waals surface area (Å²) in [4.78, 5) is 9.75. The second-order valence-electron chi connectivity index (χ2n) is 12.4. The van der Waals surface area contributed by atoms with E-state index in [1.54, 1.807) is 0 Å². The molecule has 0 aliphatic heterocycles. The van der Waals surface area contributed by atoms with Crippen LogP contribution in [0.3, 0.4) is 0 Å². The molecule has 238 valence electrons. The van der Waals surface area contributed by atoms with Crippen molar-refractivity contribution in [2.75, 3.05) is 45.4 Å². The van der Waals surface area contributed by atoms with Crippen molar-refractivity contribution >= 4 is 28.9 Å². The summed E-state index contributed by atoms with van der Waals surface area (Å²) in [6.07, 6.45) is 7.05. The SMILES string of the molecule is CCc1nc2cc(C)ccc2c2cc(CCc3ccc(OCCOCCOCCC(C)(C)P(=O)(CC)CC)cc3C)cnc12. The lowest BCUT2D eigenvalue weighted by molar-refractivity contribution is 0.0340. The summed E-state index contributed by atoms with van der Waals surface area (Å²) in [5, 5.41) is 2.18. The second kappa shape index (κ2) is 15.5. The number of fused-ring (bicyclic) bond motifs is 3. The summed E-state index contributed by atoms with van der Waals surface area (Å²) < 4.78 is 30.5. The maximum atomic E-state index is 13.1. The van der Waals surface area contributed by atoms with Gasteiger partial charge in [-0.15, -0.1) is 0 Å². The zero-order valence-corrected chi connectivity index (χ0v) is 28.8. The normalized spacial score (nSPS) is 12.3. The molecule has 0 aliphatic rings. The smallest absolute Gasteiger partial charge is 0.119 e. The molecule has 7 heteroatoms. The molecule has 0 radical (unpaired) electrons. The Bertz CT molecular complexity index is 1590. The molecule has 0 saturated heterocycles. The van der Waals surface area contributed by atoms with Crippen LogP contribution in [0.2, 0.25) is 0 Å². The molecule has 0 spiro atoms. The van der Waals surface area contributed by atoms with Crippen LogP contribution in [0, 0.1) is 13.8 Å². The highest BCUT2D eigenvalue weighted by atomic mass is 31.2. The monoisotopic (exact) mass is 618 g/mol. The van der Waals surface area contributed by atoms with Gasteiger partial charge in [0.05, 0.1) is 43.7 Å². The molecule has 0 aliphatic carbocycles. The average molecular weight is 619 g/mol. The summed E-state index contributed by atoms with van der Waals surface area (Å²) in [5.74, 6) is 0.860. The lowest BCUT2D eigenvalue weighted by Gasteiger charge is -2.33. The highest BCUT2D eigenvalue weighted by Crippen LogP contribution is 2.58. The largest absolute Gasteiger partial charge is 0.491 e. The van der Waals surface area contributed by atoms with Crippen molar-refractivity contribution in [3.05, 3.63) is 76.6 Å². The highest BCUT2D eigenvalue weighted by Gasteiger charge is 2.36. The summed E-state index contributed by atoms with van der Waals surface area (Å²) in [6, 6.07) is 15.1. The molecule has 0 N–H and O–H groups in total. The molecule has 0 atom stereocenters. The van der Waals surface area contributed by atoms with Crippen LogP contribution in [-0.4, -0.2) is 60.5 Å². The minimum atomic E-state index is -2.16. The van der Waals surface area contributed by atoms with Crippen LogP contribution in [-0.2, 0) is 33.3 Å². The predicted octanol–water partition coefficient (Wildman–Crippen LogP) is 8.73. The van der Waals surface area contributed by atoms with Gasteiger partial charge in [0.2, 0.25) is 0 Å². The van der Waals surface area contributed by atoms with E-state index in [1.807, 2.05) is 26.1 Å². The number of aromatic nitrogens is 2. The Kier molecular flexibility index (Phi) is 12.0. The molecule has 0 saturated carbocycles. The van der Waals surface area contributed by atoms with Crippen LogP contribution in [0.1, 0.15) is 69.0 Å². The van der Waals surface area contributed by atoms with E-state index in [1.165, 1.54) is 33.0 Å². The number of rotatable bonds is 17. The standard InChI is InChI=1S/C37H51N2O4P/c1-8-34-36-33(32-16-11-27(4)23-35(32)39-34)25-29(26-38-36)12-13-30-14-15-31(24-28(30)5)43-22-21-42-20-19-41-18-17-37(6,7)44(40,9-2)10-3/h11,14-16,23-26H,8-10,12-13,17-22H2,1-7H3. The molecule has 44 heavy (non-hydrogen) atoms. The summed E-state index contributed by atoms with van der Waals surface area (Å²) >= 11 is 0. The van der Waals surface area contributed by atoms with Gasteiger partial charge in [0.15, 0.2) is 0 Å². The number of benzene rings is 2. The molecular weight excluding hydrogens is 567 g/mol. The quantitative estimate of drug-likeness (QED) is 0.0670. The molecule has 2 aromatic heterocycles. The van der Waals surface area contributed by atoms with Gasteiger partial charge in [0.1, 0.15) is 12.4 Å². The number of hydrogen-bond donors (Lipinski definition) is 0. The molecule has 6 nitrogen and oxygen atoms in total. The van der Waals surface area contributed by atoms with E-state index in [4.69, 9.17) is 24.2 Å². The van der Waals surface area contributed by atoms with Gasteiger partial charge < -0.3 is 18.8 Å². The van der Waals surface area contributed by atoms with E-state index in [-0.39, 0.29) is 5.16 Å². The van der Waals surface area contributed by atoms with Crippen molar-refractivity contribution in [3.8, 4) is 5.75 Å². The number of ether oxygens (including phenoxy) is 3. The van der Waals surface area contributed by atoms with Crippen molar-refractivity contribution in [2.45, 2.75) is 79.3 Å². The summed E-state index contributed by atoms with van der Waals surface area (Å²) in [6.45, 7) is 17.3. The van der Waals surface area contributed by atoms with Gasteiger partial charge >= 0.3 is 0 Å². The van der Waals surface area contributed by atoms with Gasteiger partial charge in [-0.1, -0.05) is 52.8 Å². The fraction of sp³-hybridized carbons (Fsp3) is 0.514. The van der Waals surface area contributed by atoms with E-state index >= 15 is 0 Å². The lowest BCUT2D eigenvalue weighted by Crippen LogP contribution is -2.25. The molecule has 4 aromatic rings. The number of hydrogen-bond acceptors (Lipinski definition) is 6. The molecule has 0 fully saturated rings. The minimum Gasteiger partial charge on any atom is -0.491 e. The van der Waals surface area contributed by atoms with Gasteiger partial charge in [0.25, 0.3) is 0 Å². The first-order chi connectivity index (χ1) is 21.1. The van der Waals surface area contributed by atoms with Crippen molar-refractivity contribution in [1.82, 2.24) is 9.97 Å². The van der Waals surface area contributed by atoms with E-state index in [2.05, 4.69) is 71.0 Å². The molecule has 2 heterocycles. The number of pyridine rings is 2. The van der Waals surface area contributed by atoms with E-state index < -0.39 is 7.14 Å². The number of nitrogens with zero attached hydrogens (tertiary/aromatic N) is 2. The lowest BCUT2D eigenvalue weighted by atomic mass is 9.99. The Hall–Kier alpha value is -2.79. The Labute approximate surface area is 264 Å². The van der Waals surface area contributed by atoms with Crippen LogP contribution in [0.4, 0.5) is 0 Å². The first-order valence-corrected chi connectivity index (χ1v) is 18.3. The van der Waals surface area contributed by atoms with Gasteiger partial charge in [-0.3, -0.25) is 9.97 Å². The Morgan fingerprint density at radius 3 is 2.25 bits per heavy atom. The van der Waals surface area contributed by atoms with E-state index in [0.29, 0.717) is 33.0 Å². The maximum Gasteiger partial charge on any atom is 0.119 e. The minimum absolute atomic E-state index is 0.183. The number of aryl methyl sites for hydroxylation is 5. The zero-order valence-electron chi connectivity index (χ0n) is 27.9. The van der Waals surface area contributed by atoms with Gasteiger partial charge in [-0.25, -0.2) is 0 Å². The third-order valence-electron chi connectivity index (χ3n) is 9.10. The summed E-state index contributed by atoms with van der Waals surface area (Å²) in [7, 11) is -2.16. The van der Waals surface area contributed by atoms with E-state index in [0.717, 1.165) is 60.5 Å². The molecule has 2 aromatic carbocycles.